The summed E-state index contributed by atoms with van der Waals surface area (Å²) in [6, 6.07) is 17.9. The SMILES string of the molecule is COc1ccc(-c2cnc(CCC(=O)N3CCN(C/C=C/c4ccccc4)CC3)o2)cc1. The maximum Gasteiger partial charge on any atom is 0.223 e. The second-order valence-corrected chi connectivity index (χ2v) is 7.84. The standard InChI is InChI=1S/C26H29N3O3/c1-31-23-11-9-22(10-12-23)24-20-27-25(32-24)13-14-26(30)29-18-16-28(17-19-29)15-5-8-21-6-3-2-4-7-21/h2-12,20H,13-19H2,1H3/b8-5+. The Labute approximate surface area is 189 Å². The molecule has 0 spiro atoms. The van der Waals surface area contributed by atoms with Crippen LogP contribution in [0.5, 0.6) is 5.75 Å². The van der Waals surface area contributed by atoms with E-state index in [1.165, 1.54) is 5.56 Å². The molecule has 1 saturated heterocycles. The highest BCUT2D eigenvalue weighted by Crippen LogP contribution is 2.23. The molecule has 0 bridgehead atoms. The van der Waals surface area contributed by atoms with Gasteiger partial charge >= 0.3 is 0 Å². The van der Waals surface area contributed by atoms with Gasteiger partial charge < -0.3 is 14.1 Å². The molecule has 166 valence electrons. The number of piperazine rings is 1. The summed E-state index contributed by atoms with van der Waals surface area (Å²) >= 11 is 0. The number of rotatable bonds is 8. The number of carbonyl (C=O) groups excluding carboxylic acids is 1. The zero-order valence-corrected chi connectivity index (χ0v) is 18.4. The van der Waals surface area contributed by atoms with Crippen LogP contribution in [-0.2, 0) is 11.2 Å². The van der Waals surface area contributed by atoms with E-state index in [9.17, 15) is 4.79 Å². The number of methoxy groups -OCH3 is 1. The van der Waals surface area contributed by atoms with Gasteiger partial charge in [-0.2, -0.15) is 0 Å². The Morgan fingerprint density at radius 1 is 1.06 bits per heavy atom. The van der Waals surface area contributed by atoms with Gasteiger partial charge in [0, 0.05) is 51.1 Å². The van der Waals surface area contributed by atoms with Crippen LogP contribution < -0.4 is 4.74 Å². The second kappa shape index (κ2) is 10.8. The predicted molar refractivity (Wildman–Crippen MR) is 125 cm³/mol. The fourth-order valence-corrected chi connectivity index (χ4v) is 3.77. The number of oxazole rings is 1. The molecule has 6 heteroatoms. The van der Waals surface area contributed by atoms with E-state index in [1.54, 1.807) is 13.3 Å². The lowest BCUT2D eigenvalue weighted by molar-refractivity contribution is -0.132. The lowest BCUT2D eigenvalue weighted by Gasteiger charge is -2.34. The van der Waals surface area contributed by atoms with Crippen molar-refractivity contribution >= 4 is 12.0 Å². The van der Waals surface area contributed by atoms with Crippen molar-refractivity contribution in [2.75, 3.05) is 39.8 Å². The number of hydrogen-bond donors (Lipinski definition) is 0. The molecular formula is C26H29N3O3. The van der Waals surface area contributed by atoms with Crippen molar-refractivity contribution in [2.45, 2.75) is 12.8 Å². The minimum absolute atomic E-state index is 0.161. The smallest absolute Gasteiger partial charge is 0.223 e. The van der Waals surface area contributed by atoms with Gasteiger partial charge in [0.2, 0.25) is 5.91 Å². The lowest BCUT2D eigenvalue weighted by atomic mass is 10.2. The van der Waals surface area contributed by atoms with E-state index in [4.69, 9.17) is 9.15 Å². The molecule has 0 N–H and O–H groups in total. The topological polar surface area (TPSA) is 58.8 Å². The van der Waals surface area contributed by atoms with Gasteiger partial charge in [-0.3, -0.25) is 9.69 Å². The van der Waals surface area contributed by atoms with Crippen molar-refractivity contribution in [1.82, 2.24) is 14.8 Å². The number of amides is 1. The van der Waals surface area contributed by atoms with Crippen molar-refractivity contribution in [3.05, 3.63) is 78.3 Å². The van der Waals surface area contributed by atoms with E-state index in [0.29, 0.717) is 24.5 Å². The number of hydrogen-bond acceptors (Lipinski definition) is 5. The van der Waals surface area contributed by atoms with Gasteiger partial charge in [0.05, 0.1) is 13.3 Å². The zero-order chi connectivity index (χ0) is 22.2. The molecule has 32 heavy (non-hydrogen) atoms. The molecule has 0 atom stereocenters. The van der Waals surface area contributed by atoms with E-state index < -0.39 is 0 Å². The summed E-state index contributed by atoms with van der Waals surface area (Å²) < 4.78 is 11.0. The first-order chi connectivity index (χ1) is 15.7. The van der Waals surface area contributed by atoms with Gasteiger partial charge in [0.1, 0.15) is 5.75 Å². The normalized spacial score (nSPS) is 14.7. The largest absolute Gasteiger partial charge is 0.497 e. The molecule has 2 aromatic carbocycles. The molecule has 0 saturated carbocycles. The molecule has 1 aliphatic rings. The van der Waals surface area contributed by atoms with Gasteiger partial charge in [0.25, 0.3) is 0 Å². The first-order valence-corrected chi connectivity index (χ1v) is 11.0. The van der Waals surface area contributed by atoms with Crippen LogP contribution in [0.3, 0.4) is 0 Å². The summed E-state index contributed by atoms with van der Waals surface area (Å²) in [5.74, 6) is 2.25. The minimum atomic E-state index is 0.161. The quantitative estimate of drug-likeness (QED) is 0.537. The summed E-state index contributed by atoms with van der Waals surface area (Å²) in [5.41, 5.74) is 2.15. The van der Waals surface area contributed by atoms with Crippen LogP contribution in [-0.4, -0.2) is 60.5 Å². The number of benzene rings is 2. The molecule has 6 nitrogen and oxygen atoms in total. The van der Waals surface area contributed by atoms with Crippen LogP contribution in [0.1, 0.15) is 17.9 Å². The second-order valence-electron chi connectivity index (χ2n) is 7.84. The minimum Gasteiger partial charge on any atom is -0.497 e. The van der Waals surface area contributed by atoms with Crippen molar-refractivity contribution in [2.24, 2.45) is 0 Å². The van der Waals surface area contributed by atoms with Crippen LogP contribution in [0.4, 0.5) is 0 Å². The third-order valence-corrected chi connectivity index (χ3v) is 5.68. The average Bonchev–Trinajstić information content (AvgIpc) is 3.33. The van der Waals surface area contributed by atoms with Crippen LogP contribution in [0.15, 0.2) is 71.3 Å². The van der Waals surface area contributed by atoms with Crippen molar-refractivity contribution in [1.29, 1.82) is 0 Å². The van der Waals surface area contributed by atoms with Gasteiger partial charge in [-0.15, -0.1) is 0 Å². The van der Waals surface area contributed by atoms with Crippen LogP contribution in [0, 0.1) is 0 Å². The Morgan fingerprint density at radius 3 is 2.53 bits per heavy atom. The number of ether oxygens (including phenoxy) is 1. The lowest BCUT2D eigenvalue weighted by Crippen LogP contribution is -2.48. The Morgan fingerprint density at radius 2 is 1.81 bits per heavy atom. The fraction of sp³-hybridized carbons (Fsp3) is 0.308. The zero-order valence-electron chi connectivity index (χ0n) is 18.4. The van der Waals surface area contributed by atoms with Gasteiger partial charge in [-0.1, -0.05) is 42.5 Å². The number of aryl methyl sites for hydroxylation is 1. The molecule has 1 amide bonds. The van der Waals surface area contributed by atoms with E-state index in [1.807, 2.05) is 47.4 Å². The predicted octanol–water partition coefficient (Wildman–Crippen LogP) is 4.14. The highest BCUT2D eigenvalue weighted by Gasteiger charge is 2.20. The van der Waals surface area contributed by atoms with Crippen molar-refractivity contribution in [3.63, 3.8) is 0 Å². The molecule has 2 heterocycles. The Hall–Kier alpha value is -3.38. The first kappa shape index (κ1) is 21.8. The summed E-state index contributed by atoms with van der Waals surface area (Å²) in [6.07, 6.45) is 6.97. The Kier molecular flexibility index (Phi) is 7.35. The Balaban J connectivity index is 1.20. The van der Waals surface area contributed by atoms with Crippen LogP contribution in [0.2, 0.25) is 0 Å². The summed E-state index contributed by atoms with van der Waals surface area (Å²) in [5, 5.41) is 0. The molecular weight excluding hydrogens is 402 g/mol. The molecule has 0 radical (unpaired) electrons. The monoisotopic (exact) mass is 431 g/mol. The van der Waals surface area contributed by atoms with E-state index >= 15 is 0 Å². The Bertz CT molecular complexity index is 1020. The van der Waals surface area contributed by atoms with E-state index in [0.717, 1.165) is 44.0 Å². The maximum absolute atomic E-state index is 12.6. The highest BCUT2D eigenvalue weighted by molar-refractivity contribution is 5.76. The summed E-state index contributed by atoms with van der Waals surface area (Å²) in [4.78, 5) is 21.3. The van der Waals surface area contributed by atoms with Gasteiger partial charge in [0.15, 0.2) is 11.7 Å². The first-order valence-electron chi connectivity index (χ1n) is 11.0. The molecule has 0 unspecified atom stereocenters. The maximum atomic E-state index is 12.6. The van der Waals surface area contributed by atoms with Crippen LogP contribution >= 0.6 is 0 Å². The molecule has 3 aromatic rings. The molecule has 4 rings (SSSR count). The van der Waals surface area contributed by atoms with E-state index in [2.05, 4.69) is 34.2 Å². The van der Waals surface area contributed by atoms with Crippen molar-refractivity contribution in [3.8, 4) is 17.1 Å². The molecule has 0 aliphatic carbocycles. The van der Waals surface area contributed by atoms with Gasteiger partial charge in [-0.25, -0.2) is 4.98 Å². The third kappa shape index (κ3) is 5.86. The molecule has 1 fully saturated rings. The number of nitrogens with zero attached hydrogens (tertiary/aromatic N) is 3. The summed E-state index contributed by atoms with van der Waals surface area (Å²) in [6.45, 7) is 4.22. The highest BCUT2D eigenvalue weighted by atomic mass is 16.5. The molecule has 1 aliphatic heterocycles. The third-order valence-electron chi connectivity index (χ3n) is 5.68. The van der Waals surface area contributed by atoms with E-state index in [-0.39, 0.29) is 5.91 Å². The summed E-state index contributed by atoms with van der Waals surface area (Å²) in [7, 11) is 1.64. The number of aromatic nitrogens is 1. The number of carbonyl (C=O) groups is 1. The van der Waals surface area contributed by atoms with Crippen LogP contribution in [0.25, 0.3) is 17.4 Å². The fourth-order valence-electron chi connectivity index (χ4n) is 3.77. The van der Waals surface area contributed by atoms with Gasteiger partial charge in [-0.05, 0) is 29.8 Å². The van der Waals surface area contributed by atoms with Crippen molar-refractivity contribution < 1.29 is 13.9 Å². The molecule has 1 aromatic heterocycles. The average molecular weight is 432 g/mol.